The van der Waals surface area contributed by atoms with Crippen molar-refractivity contribution in [3.05, 3.63) is 33.3 Å². The van der Waals surface area contributed by atoms with Crippen molar-refractivity contribution >= 4 is 23.5 Å². The van der Waals surface area contributed by atoms with Crippen molar-refractivity contribution in [1.82, 2.24) is 0 Å². The lowest BCUT2D eigenvalue weighted by molar-refractivity contribution is 0.0488. The number of halogens is 1. The zero-order chi connectivity index (χ0) is 18.5. The Labute approximate surface area is 149 Å². The summed E-state index contributed by atoms with van der Waals surface area (Å²) in [5.41, 5.74) is 1.34. The van der Waals surface area contributed by atoms with Crippen molar-refractivity contribution in [1.29, 1.82) is 0 Å². The van der Waals surface area contributed by atoms with Gasteiger partial charge in [-0.2, -0.15) is 0 Å². The third kappa shape index (κ3) is 5.23. The van der Waals surface area contributed by atoms with Gasteiger partial charge in [0.2, 0.25) is 0 Å². The average molecular weight is 355 g/mol. The van der Waals surface area contributed by atoms with Gasteiger partial charge in [0.05, 0.1) is 17.7 Å². The molecule has 0 heterocycles. The molecule has 0 saturated carbocycles. The highest BCUT2D eigenvalue weighted by Crippen LogP contribution is 2.33. The van der Waals surface area contributed by atoms with E-state index in [1.807, 2.05) is 34.6 Å². The molecule has 24 heavy (non-hydrogen) atoms. The molecule has 5 heteroatoms. The summed E-state index contributed by atoms with van der Waals surface area (Å²) in [6.45, 7) is 10.3. The summed E-state index contributed by atoms with van der Waals surface area (Å²) in [5.74, 6) is -1.75. The number of carboxylic acids is 1. The van der Waals surface area contributed by atoms with Crippen LogP contribution in [0.1, 0.15) is 79.3 Å². The van der Waals surface area contributed by atoms with Gasteiger partial charge in [-0.05, 0) is 41.9 Å². The van der Waals surface area contributed by atoms with Crippen molar-refractivity contribution in [2.75, 3.05) is 6.61 Å². The van der Waals surface area contributed by atoms with Crippen molar-refractivity contribution in [2.45, 2.75) is 60.3 Å². The van der Waals surface area contributed by atoms with Gasteiger partial charge in [0.1, 0.15) is 0 Å². The van der Waals surface area contributed by atoms with E-state index in [1.54, 1.807) is 0 Å². The Morgan fingerprint density at radius 2 is 1.83 bits per heavy atom. The molecule has 0 aliphatic heterocycles. The molecular formula is C19H27ClO4. The fourth-order valence-electron chi connectivity index (χ4n) is 2.64. The summed E-state index contributed by atoms with van der Waals surface area (Å²) >= 11 is 6.34. The number of rotatable bonds is 7. The molecule has 0 radical (unpaired) electrons. The zero-order valence-corrected chi connectivity index (χ0v) is 15.9. The van der Waals surface area contributed by atoms with Crippen molar-refractivity contribution in [3.8, 4) is 0 Å². The molecule has 1 N–H and O–H groups in total. The van der Waals surface area contributed by atoms with Gasteiger partial charge in [-0.3, -0.25) is 0 Å². The number of carbonyl (C=O) groups is 2. The van der Waals surface area contributed by atoms with E-state index in [4.69, 9.17) is 16.3 Å². The summed E-state index contributed by atoms with van der Waals surface area (Å²) in [6.07, 6.45) is 2.76. The summed E-state index contributed by atoms with van der Waals surface area (Å²) in [5, 5.41) is 10.1. The second kappa shape index (κ2) is 8.52. The summed E-state index contributed by atoms with van der Waals surface area (Å²) < 4.78 is 5.21. The number of unbranched alkanes of at least 4 members (excludes halogenated alkanes) is 1. The summed E-state index contributed by atoms with van der Waals surface area (Å²) in [4.78, 5) is 24.3. The van der Waals surface area contributed by atoms with Crippen LogP contribution in [0.25, 0.3) is 0 Å². The van der Waals surface area contributed by atoms with Gasteiger partial charge in [0.15, 0.2) is 0 Å². The van der Waals surface area contributed by atoms with Crippen LogP contribution in [0, 0.1) is 5.41 Å². The smallest absolute Gasteiger partial charge is 0.339 e. The third-order valence-corrected chi connectivity index (χ3v) is 4.06. The first-order valence-corrected chi connectivity index (χ1v) is 8.74. The quantitative estimate of drug-likeness (QED) is 0.543. The van der Waals surface area contributed by atoms with E-state index >= 15 is 0 Å². The van der Waals surface area contributed by atoms with Gasteiger partial charge in [0.25, 0.3) is 0 Å². The summed E-state index contributed by atoms with van der Waals surface area (Å²) in [7, 11) is 0. The van der Waals surface area contributed by atoms with Crippen molar-refractivity contribution in [2.24, 2.45) is 5.41 Å². The average Bonchev–Trinajstić information content (AvgIpc) is 2.45. The van der Waals surface area contributed by atoms with E-state index in [0.29, 0.717) is 23.4 Å². The van der Waals surface area contributed by atoms with Crippen LogP contribution in [0.15, 0.2) is 6.07 Å². The molecule has 0 saturated heterocycles. The van der Waals surface area contributed by atoms with E-state index in [-0.39, 0.29) is 23.1 Å². The number of hydrogen-bond acceptors (Lipinski definition) is 3. The van der Waals surface area contributed by atoms with Gasteiger partial charge >= 0.3 is 11.9 Å². The molecular weight excluding hydrogens is 328 g/mol. The number of ether oxygens (including phenoxy) is 1. The number of benzene rings is 1. The van der Waals surface area contributed by atoms with Crippen molar-refractivity contribution in [3.63, 3.8) is 0 Å². The largest absolute Gasteiger partial charge is 0.478 e. The van der Waals surface area contributed by atoms with Gasteiger partial charge in [-0.1, -0.05) is 52.6 Å². The maximum absolute atomic E-state index is 12.4. The minimum Gasteiger partial charge on any atom is -0.478 e. The Hall–Kier alpha value is -1.55. The van der Waals surface area contributed by atoms with Crippen LogP contribution >= 0.6 is 11.6 Å². The second-order valence-electron chi connectivity index (χ2n) is 7.12. The standard InChI is InChI=1S/C19H27ClO4/c1-6-8-9-24-18(23)13-10-15(20)12(7-2)14(11-19(3,4)5)16(13)17(21)22/h10H,6-9,11H2,1-5H3,(H,21,22). The molecule has 1 aromatic rings. The van der Waals surface area contributed by atoms with Crippen LogP contribution in [0.3, 0.4) is 0 Å². The Bertz CT molecular complexity index is 615. The van der Waals surface area contributed by atoms with Gasteiger partial charge in [0, 0.05) is 5.02 Å². The van der Waals surface area contributed by atoms with Crippen LogP contribution < -0.4 is 0 Å². The van der Waals surface area contributed by atoms with Crippen LogP contribution in [-0.4, -0.2) is 23.7 Å². The van der Waals surface area contributed by atoms with E-state index in [0.717, 1.165) is 18.4 Å². The van der Waals surface area contributed by atoms with E-state index in [1.165, 1.54) is 6.07 Å². The minimum atomic E-state index is -1.12. The summed E-state index contributed by atoms with van der Waals surface area (Å²) in [6, 6.07) is 1.43. The highest BCUT2D eigenvalue weighted by atomic mass is 35.5. The Morgan fingerprint density at radius 1 is 1.21 bits per heavy atom. The lowest BCUT2D eigenvalue weighted by atomic mass is 9.82. The molecule has 1 aromatic carbocycles. The lowest BCUT2D eigenvalue weighted by Gasteiger charge is -2.24. The highest BCUT2D eigenvalue weighted by Gasteiger charge is 2.28. The van der Waals surface area contributed by atoms with Crippen LogP contribution in [0.5, 0.6) is 0 Å². The maximum atomic E-state index is 12.4. The molecule has 0 bridgehead atoms. The molecule has 134 valence electrons. The molecule has 0 fully saturated rings. The fraction of sp³-hybridized carbons (Fsp3) is 0.579. The lowest BCUT2D eigenvalue weighted by Crippen LogP contribution is -2.20. The van der Waals surface area contributed by atoms with Gasteiger partial charge in [-0.15, -0.1) is 0 Å². The molecule has 4 nitrogen and oxygen atoms in total. The van der Waals surface area contributed by atoms with Crippen LogP contribution in [0.2, 0.25) is 5.02 Å². The predicted molar refractivity (Wildman–Crippen MR) is 96.1 cm³/mol. The van der Waals surface area contributed by atoms with E-state index < -0.39 is 11.9 Å². The fourth-order valence-corrected chi connectivity index (χ4v) is 3.00. The van der Waals surface area contributed by atoms with Gasteiger partial charge < -0.3 is 9.84 Å². The molecule has 0 unspecified atom stereocenters. The molecule has 0 atom stereocenters. The first kappa shape index (κ1) is 20.5. The topological polar surface area (TPSA) is 63.6 Å². The van der Waals surface area contributed by atoms with Gasteiger partial charge in [-0.25, -0.2) is 9.59 Å². The Morgan fingerprint density at radius 3 is 2.29 bits per heavy atom. The second-order valence-corrected chi connectivity index (χ2v) is 7.53. The normalized spacial score (nSPS) is 11.4. The first-order valence-electron chi connectivity index (χ1n) is 8.37. The number of aromatic carboxylic acids is 1. The molecule has 0 aliphatic rings. The van der Waals surface area contributed by atoms with Crippen LogP contribution in [0.4, 0.5) is 0 Å². The Balaban J connectivity index is 3.49. The predicted octanol–water partition coefficient (Wildman–Crippen LogP) is 5.15. The minimum absolute atomic E-state index is 0.0210. The van der Waals surface area contributed by atoms with Crippen LogP contribution in [-0.2, 0) is 17.6 Å². The SMILES string of the molecule is CCCCOC(=O)c1cc(Cl)c(CC)c(CC(C)(C)C)c1C(=O)O. The molecule has 0 aromatic heterocycles. The maximum Gasteiger partial charge on any atom is 0.339 e. The van der Waals surface area contributed by atoms with E-state index in [9.17, 15) is 14.7 Å². The van der Waals surface area contributed by atoms with E-state index in [2.05, 4.69) is 0 Å². The third-order valence-electron chi connectivity index (χ3n) is 3.72. The number of carboxylic acid groups (broad SMARTS) is 1. The number of hydrogen-bond donors (Lipinski definition) is 1. The monoisotopic (exact) mass is 354 g/mol. The Kier molecular flexibility index (Phi) is 7.27. The zero-order valence-electron chi connectivity index (χ0n) is 15.2. The number of esters is 1. The molecule has 0 spiro atoms. The molecule has 1 rings (SSSR count). The first-order chi connectivity index (χ1) is 11.1. The van der Waals surface area contributed by atoms with Crippen molar-refractivity contribution < 1.29 is 19.4 Å². The highest BCUT2D eigenvalue weighted by molar-refractivity contribution is 6.32. The molecule has 0 aliphatic carbocycles. The molecule has 0 amide bonds. The number of carbonyl (C=O) groups excluding carboxylic acids is 1.